The predicted octanol–water partition coefficient (Wildman–Crippen LogP) is 3.21. The van der Waals surface area contributed by atoms with Crippen LogP contribution < -0.4 is 10.6 Å². The summed E-state index contributed by atoms with van der Waals surface area (Å²) >= 11 is 19.0. The van der Waals surface area contributed by atoms with Crippen LogP contribution in [0.3, 0.4) is 0 Å². The minimum Gasteiger partial charge on any atom is -0.383 e. The molecular formula is C14H14Cl3N3O3S. The van der Waals surface area contributed by atoms with E-state index in [-0.39, 0.29) is 28.3 Å². The topological polar surface area (TPSA) is 79.8 Å². The fourth-order valence-corrected chi connectivity index (χ4v) is 3.43. The number of nitrogens with zero attached hydrogens (tertiary/aromatic N) is 1. The number of ether oxygens (including phenoxy) is 1. The molecular weight excluding hydrogens is 397 g/mol. The monoisotopic (exact) mass is 409 g/mol. The summed E-state index contributed by atoms with van der Waals surface area (Å²) in [5, 5.41) is 6.04. The Balaban J connectivity index is 1.94. The first kappa shape index (κ1) is 19.3. The Bertz CT molecular complexity index is 685. The van der Waals surface area contributed by atoms with Crippen molar-refractivity contribution < 1.29 is 14.3 Å². The van der Waals surface area contributed by atoms with Crippen molar-refractivity contribution in [2.24, 2.45) is 4.99 Å². The third kappa shape index (κ3) is 5.26. The molecule has 1 aliphatic heterocycles. The number of hydrogen-bond acceptors (Lipinski definition) is 5. The summed E-state index contributed by atoms with van der Waals surface area (Å²) in [6.45, 7) is 0.901. The average molecular weight is 411 g/mol. The number of thioether (sulfide) groups is 1. The van der Waals surface area contributed by atoms with Crippen LogP contribution in [-0.4, -0.2) is 42.5 Å². The normalized spacial score (nSPS) is 18.8. The fraction of sp³-hybridized carbons (Fsp3) is 0.357. The highest BCUT2D eigenvalue weighted by molar-refractivity contribution is 8.15. The number of methoxy groups -OCH3 is 1. The van der Waals surface area contributed by atoms with Crippen molar-refractivity contribution in [3.63, 3.8) is 0 Å². The number of halogens is 3. The van der Waals surface area contributed by atoms with E-state index in [0.717, 1.165) is 0 Å². The number of rotatable bonds is 6. The molecule has 1 aliphatic rings. The maximum Gasteiger partial charge on any atom is 0.240 e. The largest absolute Gasteiger partial charge is 0.383 e. The summed E-state index contributed by atoms with van der Waals surface area (Å²) in [5.41, 5.74) is 0.341. The first-order valence-electron chi connectivity index (χ1n) is 6.86. The molecule has 1 aromatic rings. The Labute approximate surface area is 158 Å². The molecule has 130 valence electrons. The lowest BCUT2D eigenvalue weighted by atomic mass is 10.2. The standard InChI is InChI=1S/C14H14Cl3N3O3S/c1-23-3-2-18-14-20-13(22)11(24-14)6-12(21)19-10-5-8(16)7(15)4-9(10)17/h4-5,11H,2-3,6H2,1H3,(H,19,21)(H,18,20,22)/t11-/m1/s1. The van der Waals surface area contributed by atoms with E-state index in [4.69, 9.17) is 39.5 Å². The van der Waals surface area contributed by atoms with E-state index in [0.29, 0.717) is 29.0 Å². The highest BCUT2D eigenvalue weighted by atomic mass is 35.5. The second-order valence-corrected chi connectivity index (χ2v) is 7.19. The molecule has 0 spiro atoms. The number of carbonyl (C=O) groups is 2. The van der Waals surface area contributed by atoms with E-state index in [9.17, 15) is 9.59 Å². The summed E-state index contributed by atoms with van der Waals surface area (Å²) in [4.78, 5) is 28.2. The summed E-state index contributed by atoms with van der Waals surface area (Å²) in [6, 6.07) is 2.91. The Morgan fingerprint density at radius 1 is 1.33 bits per heavy atom. The van der Waals surface area contributed by atoms with E-state index in [1.807, 2.05) is 0 Å². The van der Waals surface area contributed by atoms with Crippen LogP contribution in [0.5, 0.6) is 0 Å². The van der Waals surface area contributed by atoms with Crippen LogP contribution >= 0.6 is 46.6 Å². The van der Waals surface area contributed by atoms with Gasteiger partial charge >= 0.3 is 0 Å². The van der Waals surface area contributed by atoms with Crippen LogP contribution in [0.25, 0.3) is 0 Å². The maximum absolute atomic E-state index is 12.1. The van der Waals surface area contributed by atoms with Gasteiger partial charge in [-0.3, -0.25) is 14.6 Å². The van der Waals surface area contributed by atoms with Crippen LogP contribution in [0.1, 0.15) is 6.42 Å². The van der Waals surface area contributed by atoms with Gasteiger partial charge < -0.3 is 15.4 Å². The molecule has 1 atom stereocenters. The first-order chi connectivity index (χ1) is 11.4. The Kier molecular flexibility index (Phi) is 7.18. The molecule has 1 fully saturated rings. The number of carbonyl (C=O) groups excluding carboxylic acids is 2. The summed E-state index contributed by atoms with van der Waals surface area (Å²) < 4.78 is 4.89. The van der Waals surface area contributed by atoms with Crippen LogP contribution in [0, 0.1) is 0 Å². The van der Waals surface area contributed by atoms with Crippen molar-refractivity contribution in [1.29, 1.82) is 0 Å². The van der Waals surface area contributed by atoms with Gasteiger partial charge in [0, 0.05) is 13.5 Å². The second kappa shape index (κ2) is 8.92. The molecule has 0 aromatic heterocycles. The fourth-order valence-electron chi connectivity index (χ4n) is 1.84. The highest BCUT2D eigenvalue weighted by Gasteiger charge is 2.32. The number of amidine groups is 1. The van der Waals surface area contributed by atoms with E-state index in [1.165, 1.54) is 23.9 Å². The van der Waals surface area contributed by atoms with Gasteiger partial charge in [-0.25, -0.2) is 0 Å². The highest BCUT2D eigenvalue weighted by Crippen LogP contribution is 2.32. The van der Waals surface area contributed by atoms with E-state index < -0.39 is 5.25 Å². The zero-order valence-electron chi connectivity index (χ0n) is 12.6. The first-order valence-corrected chi connectivity index (χ1v) is 8.87. The number of amides is 2. The van der Waals surface area contributed by atoms with Crippen LogP contribution in [0.2, 0.25) is 15.1 Å². The molecule has 0 aliphatic carbocycles. The van der Waals surface area contributed by atoms with E-state index >= 15 is 0 Å². The lowest BCUT2D eigenvalue weighted by Crippen LogP contribution is -2.28. The molecule has 2 N–H and O–H groups in total. The molecule has 24 heavy (non-hydrogen) atoms. The quantitative estimate of drug-likeness (QED) is 0.557. The minimum atomic E-state index is -0.548. The zero-order chi connectivity index (χ0) is 17.7. The van der Waals surface area contributed by atoms with Crippen molar-refractivity contribution in [2.75, 3.05) is 25.6 Å². The van der Waals surface area contributed by atoms with Gasteiger partial charge in [-0.05, 0) is 12.1 Å². The van der Waals surface area contributed by atoms with Crippen molar-refractivity contribution in [2.45, 2.75) is 11.7 Å². The van der Waals surface area contributed by atoms with Gasteiger partial charge in [0.15, 0.2) is 5.17 Å². The third-order valence-corrected chi connectivity index (χ3v) is 5.14. The Hall–Kier alpha value is -0.990. The van der Waals surface area contributed by atoms with E-state index in [1.54, 1.807) is 7.11 Å². The summed E-state index contributed by atoms with van der Waals surface area (Å²) in [6.07, 6.45) is -0.0175. The second-order valence-electron chi connectivity index (χ2n) is 4.77. The van der Waals surface area contributed by atoms with Gasteiger partial charge in [-0.2, -0.15) is 0 Å². The zero-order valence-corrected chi connectivity index (χ0v) is 15.7. The number of aliphatic imine (C=N–C) groups is 1. The predicted molar refractivity (Wildman–Crippen MR) is 98.4 cm³/mol. The molecule has 2 amide bonds. The van der Waals surface area contributed by atoms with Crippen molar-refractivity contribution in [3.8, 4) is 0 Å². The summed E-state index contributed by atoms with van der Waals surface area (Å²) in [5.74, 6) is -0.618. The molecule has 0 radical (unpaired) electrons. The molecule has 0 saturated carbocycles. The van der Waals surface area contributed by atoms with Gasteiger partial charge in [-0.15, -0.1) is 0 Å². The van der Waals surface area contributed by atoms with Gasteiger partial charge in [0.05, 0.1) is 33.9 Å². The number of hydrogen-bond donors (Lipinski definition) is 2. The molecule has 2 rings (SSSR count). The molecule has 1 saturated heterocycles. The Morgan fingerprint density at radius 3 is 2.75 bits per heavy atom. The molecule has 6 nitrogen and oxygen atoms in total. The molecule has 0 unspecified atom stereocenters. The number of benzene rings is 1. The van der Waals surface area contributed by atoms with Crippen molar-refractivity contribution >= 4 is 69.2 Å². The number of nitrogens with one attached hydrogen (secondary N) is 2. The molecule has 10 heteroatoms. The number of anilines is 1. The lowest BCUT2D eigenvalue weighted by molar-refractivity contribution is -0.122. The summed E-state index contributed by atoms with van der Waals surface area (Å²) in [7, 11) is 1.57. The average Bonchev–Trinajstić information content (AvgIpc) is 2.85. The van der Waals surface area contributed by atoms with Gasteiger partial charge in [0.1, 0.15) is 5.25 Å². The SMILES string of the molecule is COCCN=C1NC(=O)[C@@H](CC(=O)Nc2cc(Cl)c(Cl)cc2Cl)S1. The van der Waals surface area contributed by atoms with Crippen LogP contribution in [-0.2, 0) is 14.3 Å². The van der Waals surface area contributed by atoms with Gasteiger partial charge in [0.2, 0.25) is 11.8 Å². The van der Waals surface area contributed by atoms with Crippen molar-refractivity contribution in [3.05, 3.63) is 27.2 Å². The van der Waals surface area contributed by atoms with Crippen LogP contribution in [0.15, 0.2) is 17.1 Å². The Morgan fingerprint density at radius 2 is 2.04 bits per heavy atom. The van der Waals surface area contributed by atoms with Gasteiger partial charge in [-0.1, -0.05) is 46.6 Å². The molecule has 0 bridgehead atoms. The molecule has 1 aromatic carbocycles. The minimum absolute atomic E-state index is 0.0175. The maximum atomic E-state index is 12.1. The third-order valence-electron chi connectivity index (χ3n) is 2.98. The van der Waals surface area contributed by atoms with Crippen LogP contribution in [0.4, 0.5) is 5.69 Å². The lowest BCUT2D eigenvalue weighted by Gasteiger charge is -2.10. The van der Waals surface area contributed by atoms with E-state index in [2.05, 4.69) is 15.6 Å². The van der Waals surface area contributed by atoms with Crippen molar-refractivity contribution in [1.82, 2.24) is 5.32 Å². The molecule has 1 heterocycles. The van der Waals surface area contributed by atoms with Gasteiger partial charge in [0.25, 0.3) is 0 Å². The smallest absolute Gasteiger partial charge is 0.240 e.